The SMILES string of the molecule is CCc1cc(CC)nc(N2C[C@@H]3CCC[C@@]3(C(=O)O)C2)n1. The highest BCUT2D eigenvalue weighted by atomic mass is 16.4. The maximum Gasteiger partial charge on any atom is 0.311 e. The molecule has 0 unspecified atom stereocenters. The number of carboxylic acids is 1. The number of aliphatic carboxylic acids is 1. The Kier molecular flexibility index (Phi) is 3.59. The van der Waals surface area contributed by atoms with E-state index < -0.39 is 11.4 Å². The molecule has 114 valence electrons. The molecule has 1 N–H and O–H groups in total. The smallest absolute Gasteiger partial charge is 0.311 e. The molecule has 2 atom stereocenters. The predicted octanol–water partition coefficient (Wildman–Crippen LogP) is 2.29. The van der Waals surface area contributed by atoms with Gasteiger partial charge in [-0.2, -0.15) is 0 Å². The molecule has 0 aromatic carbocycles. The van der Waals surface area contributed by atoms with E-state index in [9.17, 15) is 9.90 Å². The van der Waals surface area contributed by atoms with Crippen LogP contribution in [-0.2, 0) is 17.6 Å². The quantitative estimate of drug-likeness (QED) is 0.921. The van der Waals surface area contributed by atoms with E-state index in [1.807, 2.05) is 6.07 Å². The van der Waals surface area contributed by atoms with Gasteiger partial charge in [0, 0.05) is 24.5 Å². The fourth-order valence-electron chi connectivity index (χ4n) is 3.83. The summed E-state index contributed by atoms with van der Waals surface area (Å²) in [5.74, 6) is 0.324. The lowest BCUT2D eigenvalue weighted by atomic mass is 9.81. The van der Waals surface area contributed by atoms with Crippen LogP contribution in [0.5, 0.6) is 0 Å². The van der Waals surface area contributed by atoms with Crippen molar-refractivity contribution in [2.45, 2.75) is 46.0 Å². The van der Waals surface area contributed by atoms with Gasteiger partial charge in [0.2, 0.25) is 5.95 Å². The van der Waals surface area contributed by atoms with Crippen molar-refractivity contribution in [3.05, 3.63) is 17.5 Å². The van der Waals surface area contributed by atoms with Gasteiger partial charge in [0.1, 0.15) is 0 Å². The van der Waals surface area contributed by atoms with Crippen molar-refractivity contribution in [3.63, 3.8) is 0 Å². The molecule has 0 spiro atoms. The molecule has 2 aliphatic rings. The van der Waals surface area contributed by atoms with Gasteiger partial charge in [0.05, 0.1) is 5.41 Å². The molecular formula is C16H23N3O2. The molecule has 2 fully saturated rings. The van der Waals surface area contributed by atoms with Crippen LogP contribution in [0.3, 0.4) is 0 Å². The Labute approximate surface area is 125 Å². The molecule has 0 radical (unpaired) electrons. The monoisotopic (exact) mass is 289 g/mol. The molecule has 1 saturated heterocycles. The Balaban J connectivity index is 1.91. The van der Waals surface area contributed by atoms with Crippen LogP contribution in [0, 0.1) is 11.3 Å². The zero-order valence-electron chi connectivity index (χ0n) is 12.8. The van der Waals surface area contributed by atoms with Gasteiger partial charge in [-0.25, -0.2) is 9.97 Å². The molecule has 1 aliphatic heterocycles. The average Bonchev–Trinajstić information content (AvgIpc) is 3.04. The van der Waals surface area contributed by atoms with Crippen LogP contribution in [-0.4, -0.2) is 34.1 Å². The lowest BCUT2D eigenvalue weighted by Crippen LogP contribution is -2.36. The normalized spacial score (nSPS) is 27.9. The van der Waals surface area contributed by atoms with E-state index >= 15 is 0 Å². The third-order valence-electron chi connectivity index (χ3n) is 5.12. The number of nitrogens with zero attached hydrogens (tertiary/aromatic N) is 3. The summed E-state index contributed by atoms with van der Waals surface area (Å²) in [6.07, 6.45) is 4.59. The predicted molar refractivity (Wildman–Crippen MR) is 80.4 cm³/mol. The Morgan fingerprint density at radius 1 is 1.38 bits per heavy atom. The fraction of sp³-hybridized carbons (Fsp3) is 0.688. The minimum atomic E-state index is -0.644. The first-order valence-electron chi connectivity index (χ1n) is 7.94. The van der Waals surface area contributed by atoms with E-state index in [1.54, 1.807) is 0 Å². The van der Waals surface area contributed by atoms with Crippen molar-refractivity contribution in [2.24, 2.45) is 11.3 Å². The largest absolute Gasteiger partial charge is 0.481 e. The Morgan fingerprint density at radius 2 is 2.05 bits per heavy atom. The molecule has 1 saturated carbocycles. The van der Waals surface area contributed by atoms with E-state index in [1.165, 1.54) is 0 Å². The Morgan fingerprint density at radius 3 is 2.57 bits per heavy atom. The number of hydrogen-bond donors (Lipinski definition) is 1. The first kappa shape index (κ1) is 14.3. The molecule has 0 amide bonds. The van der Waals surface area contributed by atoms with Crippen LogP contribution >= 0.6 is 0 Å². The van der Waals surface area contributed by atoms with Crippen molar-refractivity contribution >= 4 is 11.9 Å². The zero-order chi connectivity index (χ0) is 15.0. The maximum absolute atomic E-state index is 11.8. The van der Waals surface area contributed by atoms with E-state index in [-0.39, 0.29) is 5.92 Å². The number of fused-ring (bicyclic) bond motifs is 1. The standard InChI is InChI=1S/C16H23N3O2/c1-3-12-8-13(4-2)18-15(17-12)19-9-11-6-5-7-16(11,10-19)14(20)21/h8,11H,3-7,9-10H2,1-2H3,(H,20,21)/t11-,16+/m0/s1. The third-order valence-corrected chi connectivity index (χ3v) is 5.12. The van der Waals surface area contributed by atoms with Gasteiger partial charge in [-0.15, -0.1) is 0 Å². The molecule has 1 aromatic heterocycles. The highest BCUT2D eigenvalue weighted by Gasteiger charge is 2.55. The van der Waals surface area contributed by atoms with Crippen LogP contribution in [0.4, 0.5) is 5.95 Å². The summed E-state index contributed by atoms with van der Waals surface area (Å²) in [5.41, 5.74) is 1.51. The molecule has 2 heterocycles. The molecule has 5 heteroatoms. The van der Waals surface area contributed by atoms with Gasteiger partial charge in [0.15, 0.2) is 0 Å². The van der Waals surface area contributed by atoms with Gasteiger partial charge in [-0.05, 0) is 37.7 Å². The molecule has 1 aliphatic carbocycles. The van der Waals surface area contributed by atoms with Crippen LogP contribution in [0.2, 0.25) is 0 Å². The second-order valence-electron chi connectivity index (χ2n) is 6.29. The average molecular weight is 289 g/mol. The van der Waals surface area contributed by atoms with E-state index in [0.29, 0.717) is 6.54 Å². The lowest BCUT2D eigenvalue weighted by Gasteiger charge is -2.23. The van der Waals surface area contributed by atoms with Gasteiger partial charge < -0.3 is 10.0 Å². The molecule has 0 bridgehead atoms. The summed E-state index contributed by atoms with van der Waals surface area (Å²) in [4.78, 5) is 23.1. The van der Waals surface area contributed by atoms with Crippen LogP contribution in [0.1, 0.15) is 44.5 Å². The van der Waals surface area contributed by atoms with Crippen molar-refractivity contribution < 1.29 is 9.90 Å². The highest BCUT2D eigenvalue weighted by Crippen LogP contribution is 2.49. The number of carboxylic acid groups (broad SMARTS) is 1. The van der Waals surface area contributed by atoms with Crippen molar-refractivity contribution in [1.82, 2.24) is 9.97 Å². The summed E-state index contributed by atoms with van der Waals surface area (Å²) in [5, 5.41) is 9.67. The molecule has 5 nitrogen and oxygen atoms in total. The summed E-state index contributed by atoms with van der Waals surface area (Å²) in [7, 11) is 0. The van der Waals surface area contributed by atoms with Gasteiger partial charge in [-0.1, -0.05) is 20.3 Å². The summed E-state index contributed by atoms with van der Waals surface area (Å²) in [6, 6.07) is 2.05. The van der Waals surface area contributed by atoms with Crippen LogP contribution in [0.25, 0.3) is 0 Å². The van der Waals surface area contributed by atoms with Crippen LogP contribution < -0.4 is 4.90 Å². The second kappa shape index (κ2) is 5.28. The molecule has 21 heavy (non-hydrogen) atoms. The Bertz CT molecular complexity index is 538. The van der Waals surface area contributed by atoms with E-state index in [2.05, 4.69) is 28.7 Å². The van der Waals surface area contributed by atoms with E-state index in [4.69, 9.17) is 0 Å². The molecular weight excluding hydrogens is 266 g/mol. The number of anilines is 1. The van der Waals surface area contributed by atoms with Crippen molar-refractivity contribution in [3.8, 4) is 0 Å². The fourth-order valence-corrected chi connectivity index (χ4v) is 3.83. The minimum Gasteiger partial charge on any atom is -0.481 e. The van der Waals surface area contributed by atoms with Gasteiger partial charge in [-0.3, -0.25) is 4.79 Å². The first-order valence-corrected chi connectivity index (χ1v) is 7.94. The van der Waals surface area contributed by atoms with Gasteiger partial charge >= 0.3 is 5.97 Å². The summed E-state index contributed by atoms with van der Waals surface area (Å²) in [6.45, 7) is 5.51. The highest BCUT2D eigenvalue weighted by molar-refractivity contribution is 5.77. The molecule has 1 aromatic rings. The van der Waals surface area contributed by atoms with Crippen LogP contribution in [0.15, 0.2) is 6.07 Å². The summed E-state index contributed by atoms with van der Waals surface area (Å²) >= 11 is 0. The number of aryl methyl sites for hydroxylation is 2. The summed E-state index contributed by atoms with van der Waals surface area (Å²) < 4.78 is 0. The maximum atomic E-state index is 11.8. The van der Waals surface area contributed by atoms with E-state index in [0.717, 1.165) is 56.0 Å². The van der Waals surface area contributed by atoms with Gasteiger partial charge in [0.25, 0.3) is 0 Å². The first-order chi connectivity index (χ1) is 10.1. The number of carbonyl (C=O) groups is 1. The Hall–Kier alpha value is -1.65. The second-order valence-corrected chi connectivity index (χ2v) is 6.29. The number of hydrogen-bond acceptors (Lipinski definition) is 4. The third kappa shape index (κ3) is 2.28. The van der Waals surface area contributed by atoms with Crippen molar-refractivity contribution in [2.75, 3.05) is 18.0 Å². The molecule has 3 rings (SSSR count). The van der Waals surface area contributed by atoms with Crippen molar-refractivity contribution in [1.29, 1.82) is 0 Å². The number of aromatic nitrogens is 2. The zero-order valence-corrected chi connectivity index (χ0v) is 12.8. The lowest BCUT2D eigenvalue weighted by molar-refractivity contribution is -0.149. The topological polar surface area (TPSA) is 66.3 Å². The number of rotatable bonds is 4. The minimum absolute atomic E-state index is 0.244.